The van der Waals surface area contributed by atoms with E-state index in [1.54, 1.807) is 11.1 Å². The van der Waals surface area contributed by atoms with Crippen LogP contribution in [-0.2, 0) is 17.8 Å². The lowest BCUT2D eigenvalue weighted by molar-refractivity contribution is -0.129. The van der Waals surface area contributed by atoms with Gasteiger partial charge in [0.05, 0.1) is 6.04 Å². The Morgan fingerprint density at radius 3 is 2.48 bits per heavy atom. The molecule has 0 bridgehead atoms. The molecule has 0 aliphatic carbocycles. The van der Waals surface area contributed by atoms with Gasteiger partial charge in [-0.15, -0.1) is 0 Å². The summed E-state index contributed by atoms with van der Waals surface area (Å²) < 4.78 is 7.39. The smallest absolute Gasteiger partial charge is 0.341 e. The van der Waals surface area contributed by atoms with Crippen molar-refractivity contribution < 1.29 is 19.4 Å². The highest BCUT2D eigenvalue weighted by Gasteiger charge is 2.28. The number of hydrogen-bond acceptors (Lipinski definition) is 4. The SMILES string of the molecule is CC(=O)N1CCc2c(cn(C(C)COc3c(C)cccc3C)c(=O)c2C(=O)O)C1. The molecule has 1 aliphatic rings. The second-order valence-corrected chi connectivity index (χ2v) is 7.60. The number of carbonyl (C=O) groups is 2. The third-order valence-corrected chi connectivity index (χ3v) is 5.44. The highest BCUT2D eigenvalue weighted by molar-refractivity contribution is 5.89. The first-order valence-electron chi connectivity index (χ1n) is 9.65. The first kappa shape index (κ1) is 20.6. The van der Waals surface area contributed by atoms with Crippen LogP contribution in [0.3, 0.4) is 0 Å². The number of rotatable bonds is 5. The van der Waals surface area contributed by atoms with Crippen LogP contribution in [0.2, 0.25) is 0 Å². The second-order valence-electron chi connectivity index (χ2n) is 7.60. The Balaban J connectivity index is 1.95. The predicted molar refractivity (Wildman–Crippen MR) is 109 cm³/mol. The van der Waals surface area contributed by atoms with E-state index in [0.717, 1.165) is 16.9 Å². The second kappa shape index (κ2) is 8.11. The van der Waals surface area contributed by atoms with Gasteiger partial charge in [-0.3, -0.25) is 9.59 Å². The van der Waals surface area contributed by atoms with Crippen molar-refractivity contribution in [3.8, 4) is 5.75 Å². The van der Waals surface area contributed by atoms with Crippen molar-refractivity contribution in [1.29, 1.82) is 0 Å². The molecule has 1 unspecified atom stereocenters. The van der Waals surface area contributed by atoms with Gasteiger partial charge in [-0.25, -0.2) is 4.79 Å². The Hall–Kier alpha value is -3.09. The largest absolute Gasteiger partial charge is 0.491 e. The minimum atomic E-state index is -1.24. The zero-order valence-corrected chi connectivity index (χ0v) is 17.2. The van der Waals surface area contributed by atoms with Gasteiger partial charge in [0, 0.05) is 26.2 Å². The Morgan fingerprint density at radius 1 is 1.24 bits per heavy atom. The molecular weight excluding hydrogens is 372 g/mol. The number of fused-ring (bicyclic) bond motifs is 1. The molecule has 1 aliphatic heterocycles. The van der Waals surface area contributed by atoms with Crippen LogP contribution in [0.25, 0.3) is 0 Å². The molecule has 2 aromatic rings. The van der Waals surface area contributed by atoms with Crippen molar-refractivity contribution in [3.63, 3.8) is 0 Å². The van der Waals surface area contributed by atoms with Crippen LogP contribution in [0.5, 0.6) is 5.75 Å². The maximum absolute atomic E-state index is 12.9. The lowest BCUT2D eigenvalue weighted by Crippen LogP contribution is -2.39. The van der Waals surface area contributed by atoms with Gasteiger partial charge in [-0.2, -0.15) is 0 Å². The number of aromatic nitrogens is 1. The van der Waals surface area contributed by atoms with Crippen LogP contribution < -0.4 is 10.3 Å². The Kier molecular flexibility index (Phi) is 5.77. The van der Waals surface area contributed by atoms with Crippen LogP contribution in [0.15, 0.2) is 29.2 Å². The number of para-hydroxylation sites is 1. The molecule has 3 rings (SSSR count). The van der Waals surface area contributed by atoms with Crippen LogP contribution >= 0.6 is 0 Å². The van der Waals surface area contributed by atoms with E-state index in [1.165, 1.54) is 11.5 Å². The van der Waals surface area contributed by atoms with Crippen LogP contribution in [0, 0.1) is 13.8 Å². The summed E-state index contributed by atoms with van der Waals surface area (Å²) in [6, 6.07) is 5.49. The molecule has 2 heterocycles. The standard InChI is InChI=1S/C22H26N2O5/c1-13-6-5-7-14(2)20(13)29-12-15(3)24-11-17-10-23(16(4)25)9-8-18(17)19(21(24)26)22(27)28/h5-7,11,15H,8-10,12H2,1-4H3,(H,27,28). The molecule has 0 fully saturated rings. The number of aryl methyl sites for hydroxylation is 2. The van der Waals surface area contributed by atoms with Crippen molar-refractivity contribution in [1.82, 2.24) is 9.47 Å². The minimum Gasteiger partial charge on any atom is -0.491 e. The van der Waals surface area contributed by atoms with Gasteiger partial charge in [-0.05, 0) is 49.4 Å². The molecule has 0 saturated carbocycles. The fraction of sp³-hybridized carbons (Fsp3) is 0.409. The number of hydrogen-bond donors (Lipinski definition) is 1. The summed E-state index contributed by atoms with van der Waals surface area (Å²) in [5.41, 5.74) is 2.48. The van der Waals surface area contributed by atoms with Gasteiger partial charge in [0.2, 0.25) is 5.91 Å². The number of nitrogens with zero attached hydrogens (tertiary/aromatic N) is 2. The van der Waals surface area contributed by atoms with E-state index >= 15 is 0 Å². The topological polar surface area (TPSA) is 88.8 Å². The van der Waals surface area contributed by atoms with Crippen molar-refractivity contribution in [2.45, 2.75) is 46.7 Å². The van der Waals surface area contributed by atoms with Crippen molar-refractivity contribution in [2.75, 3.05) is 13.2 Å². The number of aromatic carboxylic acids is 1. The van der Waals surface area contributed by atoms with E-state index in [-0.39, 0.29) is 24.1 Å². The van der Waals surface area contributed by atoms with Crippen LogP contribution in [0.4, 0.5) is 0 Å². The quantitative estimate of drug-likeness (QED) is 0.837. The summed E-state index contributed by atoms with van der Waals surface area (Å²) in [7, 11) is 0. The zero-order chi connectivity index (χ0) is 21.3. The van der Waals surface area contributed by atoms with E-state index in [2.05, 4.69) is 0 Å². The Bertz CT molecular complexity index is 1000. The molecule has 1 atom stereocenters. The fourth-order valence-corrected chi connectivity index (χ4v) is 3.80. The molecule has 0 spiro atoms. The van der Waals surface area contributed by atoms with Gasteiger partial charge in [-0.1, -0.05) is 18.2 Å². The van der Waals surface area contributed by atoms with Crippen LogP contribution in [-0.4, -0.2) is 39.6 Å². The molecule has 0 saturated heterocycles. The minimum absolute atomic E-state index is 0.0725. The van der Waals surface area contributed by atoms with Gasteiger partial charge in [0.25, 0.3) is 5.56 Å². The molecule has 29 heavy (non-hydrogen) atoms. The molecule has 1 amide bonds. The van der Waals surface area contributed by atoms with Crippen LogP contribution in [0.1, 0.15) is 52.5 Å². The highest BCUT2D eigenvalue weighted by atomic mass is 16.5. The molecule has 1 N–H and O–H groups in total. The van der Waals surface area contributed by atoms with E-state index in [1.807, 2.05) is 39.0 Å². The first-order chi connectivity index (χ1) is 13.7. The predicted octanol–water partition coefficient (Wildman–Crippen LogP) is 2.71. The summed E-state index contributed by atoms with van der Waals surface area (Å²) in [6.07, 6.45) is 2.04. The summed E-state index contributed by atoms with van der Waals surface area (Å²) >= 11 is 0. The lowest BCUT2D eigenvalue weighted by Gasteiger charge is -2.30. The van der Waals surface area contributed by atoms with Gasteiger partial charge in [0.15, 0.2) is 0 Å². The summed E-state index contributed by atoms with van der Waals surface area (Å²) in [5.74, 6) is -0.539. The van der Waals surface area contributed by atoms with E-state index in [0.29, 0.717) is 30.6 Å². The van der Waals surface area contributed by atoms with Crippen molar-refractivity contribution in [2.24, 2.45) is 0 Å². The molecule has 1 aromatic carbocycles. The van der Waals surface area contributed by atoms with Gasteiger partial charge >= 0.3 is 5.97 Å². The van der Waals surface area contributed by atoms with Crippen molar-refractivity contribution in [3.05, 3.63) is 62.6 Å². The third kappa shape index (κ3) is 4.04. The van der Waals surface area contributed by atoms with E-state index in [4.69, 9.17) is 4.74 Å². The third-order valence-electron chi connectivity index (χ3n) is 5.44. The number of pyridine rings is 1. The highest BCUT2D eigenvalue weighted by Crippen LogP contribution is 2.25. The number of carboxylic acid groups (broad SMARTS) is 1. The normalized spacial score (nSPS) is 14.3. The van der Waals surface area contributed by atoms with E-state index in [9.17, 15) is 19.5 Å². The number of ether oxygens (including phenoxy) is 1. The average molecular weight is 398 g/mol. The fourth-order valence-electron chi connectivity index (χ4n) is 3.80. The van der Waals surface area contributed by atoms with Crippen molar-refractivity contribution >= 4 is 11.9 Å². The molecule has 154 valence electrons. The number of amides is 1. The Morgan fingerprint density at radius 2 is 1.90 bits per heavy atom. The van der Waals surface area contributed by atoms with Gasteiger partial charge in [0.1, 0.15) is 17.9 Å². The van der Waals surface area contributed by atoms with Gasteiger partial charge < -0.3 is 19.3 Å². The maximum atomic E-state index is 12.9. The summed E-state index contributed by atoms with van der Waals surface area (Å²) in [5, 5.41) is 9.66. The maximum Gasteiger partial charge on any atom is 0.341 e. The summed E-state index contributed by atoms with van der Waals surface area (Å²) in [4.78, 5) is 38.2. The Labute approximate surface area is 169 Å². The first-order valence-corrected chi connectivity index (χ1v) is 9.65. The number of benzene rings is 1. The molecule has 1 aromatic heterocycles. The average Bonchev–Trinajstić information content (AvgIpc) is 2.66. The lowest BCUT2D eigenvalue weighted by atomic mass is 9.96. The number of carboxylic acids is 1. The summed E-state index contributed by atoms with van der Waals surface area (Å²) in [6.45, 7) is 8.15. The monoisotopic (exact) mass is 398 g/mol. The molecular formula is C22H26N2O5. The zero-order valence-electron chi connectivity index (χ0n) is 17.2. The number of carbonyl (C=O) groups excluding carboxylic acids is 1. The molecule has 0 radical (unpaired) electrons. The van der Waals surface area contributed by atoms with E-state index < -0.39 is 11.5 Å². The molecule has 7 nitrogen and oxygen atoms in total. The molecule has 7 heteroatoms.